The van der Waals surface area contributed by atoms with E-state index < -0.39 is 17.8 Å². The average molecular weight is 557 g/mol. The summed E-state index contributed by atoms with van der Waals surface area (Å²) in [5.41, 5.74) is 0.770. The van der Waals surface area contributed by atoms with Gasteiger partial charge in [0, 0.05) is 47.7 Å². The van der Waals surface area contributed by atoms with Crippen LogP contribution in [0.4, 0.5) is 19.0 Å². The van der Waals surface area contributed by atoms with Crippen molar-refractivity contribution in [3.8, 4) is 17.0 Å². The van der Waals surface area contributed by atoms with E-state index in [9.17, 15) is 13.2 Å². The van der Waals surface area contributed by atoms with Crippen LogP contribution in [0, 0.1) is 0 Å². The number of aromatic amines is 1. The van der Waals surface area contributed by atoms with E-state index in [1.165, 1.54) is 18.6 Å². The van der Waals surface area contributed by atoms with E-state index in [0.29, 0.717) is 44.5 Å². The first kappa shape index (κ1) is 24.9. The molecular weight excluding hydrogens is 538 g/mol. The van der Waals surface area contributed by atoms with Crippen molar-refractivity contribution < 1.29 is 17.9 Å². The maximum Gasteiger partial charge on any atom is 0.419 e. The summed E-state index contributed by atoms with van der Waals surface area (Å²) in [6.07, 6.45) is -0.0260. The molecule has 0 radical (unpaired) electrons. The molecule has 1 aliphatic heterocycles. The van der Waals surface area contributed by atoms with Crippen molar-refractivity contribution in [3.63, 3.8) is 0 Å². The maximum atomic E-state index is 14.0. The van der Waals surface area contributed by atoms with Crippen LogP contribution in [0.3, 0.4) is 0 Å². The molecule has 1 aliphatic rings. The maximum absolute atomic E-state index is 14.0. The molecule has 1 unspecified atom stereocenters. The fourth-order valence-electron chi connectivity index (χ4n) is 4.24. The van der Waals surface area contributed by atoms with E-state index in [2.05, 4.69) is 20.2 Å². The van der Waals surface area contributed by atoms with Crippen molar-refractivity contribution in [1.82, 2.24) is 20.2 Å². The molecule has 0 aliphatic carbocycles. The molecule has 0 bridgehead atoms. The van der Waals surface area contributed by atoms with Gasteiger partial charge in [-0.1, -0.05) is 34.8 Å². The van der Waals surface area contributed by atoms with E-state index in [0.717, 1.165) is 12.5 Å². The van der Waals surface area contributed by atoms with Gasteiger partial charge in [0.1, 0.15) is 23.4 Å². The molecule has 0 saturated carbocycles. The number of alkyl halides is 3. The normalized spacial score (nSPS) is 16.8. The molecule has 36 heavy (non-hydrogen) atoms. The van der Waals surface area contributed by atoms with Crippen LogP contribution in [0.1, 0.15) is 37.5 Å². The fourth-order valence-corrected chi connectivity index (χ4v) is 5.12. The first-order valence-electron chi connectivity index (χ1n) is 11.0. The molecule has 0 spiro atoms. The number of halogens is 6. The lowest BCUT2D eigenvalue weighted by molar-refractivity contribution is -0.137. The highest BCUT2D eigenvalue weighted by Gasteiger charge is 2.39. The van der Waals surface area contributed by atoms with Crippen molar-refractivity contribution in [2.75, 3.05) is 11.4 Å². The van der Waals surface area contributed by atoms with Gasteiger partial charge < -0.3 is 9.64 Å². The number of H-pyrrole nitrogens is 1. The van der Waals surface area contributed by atoms with Crippen LogP contribution >= 0.6 is 34.8 Å². The topological polar surface area (TPSA) is 66.9 Å². The van der Waals surface area contributed by atoms with Crippen molar-refractivity contribution in [1.29, 1.82) is 0 Å². The SMILES string of the molecule is CC1CCN1c1ncc(-c2n[nH]c3cc(Cl)c(O[C@H](C)c4c(Cl)cncc4Cl)cc23)cc1C(F)(F)F. The highest BCUT2D eigenvalue weighted by molar-refractivity contribution is 6.36. The molecule has 1 saturated heterocycles. The summed E-state index contributed by atoms with van der Waals surface area (Å²) >= 11 is 18.9. The predicted molar refractivity (Wildman–Crippen MR) is 134 cm³/mol. The van der Waals surface area contributed by atoms with Gasteiger partial charge >= 0.3 is 6.18 Å². The second-order valence-electron chi connectivity index (χ2n) is 8.60. The van der Waals surface area contributed by atoms with Crippen LogP contribution in [0.15, 0.2) is 36.8 Å². The van der Waals surface area contributed by atoms with Crippen molar-refractivity contribution in [3.05, 3.63) is 63.0 Å². The van der Waals surface area contributed by atoms with Crippen LogP contribution in [-0.4, -0.2) is 32.8 Å². The first-order chi connectivity index (χ1) is 17.0. The number of rotatable bonds is 5. The van der Waals surface area contributed by atoms with Gasteiger partial charge in [-0.3, -0.25) is 10.1 Å². The number of nitrogens with one attached hydrogen (secondary N) is 1. The number of nitrogens with zero attached hydrogens (tertiary/aromatic N) is 4. The van der Waals surface area contributed by atoms with E-state index in [-0.39, 0.29) is 22.4 Å². The minimum absolute atomic E-state index is 0.00176. The Morgan fingerprint density at radius 1 is 1.08 bits per heavy atom. The van der Waals surface area contributed by atoms with E-state index >= 15 is 0 Å². The summed E-state index contributed by atoms with van der Waals surface area (Å²) in [4.78, 5) is 9.78. The van der Waals surface area contributed by atoms with Crippen LogP contribution in [0.25, 0.3) is 22.2 Å². The van der Waals surface area contributed by atoms with Gasteiger partial charge in [-0.05, 0) is 38.5 Å². The summed E-state index contributed by atoms with van der Waals surface area (Å²) in [5, 5.41) is 8.54. The lowest BCUT2D eigenvalue weighted by Gasteiger charge is -2.40. The molecule has 4 heterocycles. The summed E-state index contributed by atoms with van der Waals surface area (Å²) in [6, 6.07) is 4.30. The zero-order valence-corrected chi connectivity index (χ0v) is 21.3. The zero-order valence-electron chi connectivity index (χ0n) is 19.0. The number of benzene rings is 1. The first-order valence-corrected chi connectivity index (χ1v) is 12.2. The molecule has 2 atom stereocenters. The van der Waals surface area contributed by atoms with Gasteiger partial charge in [0.15, 0.2) is 0 Å². The summed E-state index contributed by atoms with van der Waals surface area (Å²) in [7, 11) is 0. The van der Waals surface area contributed by atoms with Gasteiger partial charge in [0.2, 0.25) is 0 Å². The van der Waals surface area contributed by atoms with Crippen molar-refractivity contribution in [2.45, 2.75) is 38.6 Å². The third-order valence-corrected chi connectivity index (χ3v) is 7.15. The number of hydrogen-bond donors (Lipinski definition) is 1. The quantitative estimate of drug-likeness (QED) is 0.272. The summed E-state index contributed by atoms with van der Waals surface area (Å²) < 4.78 is 47.9. The Labute approximate surface area is 219 Å². The lowest BCUT2D eigenvalue weighted by atomic mass is 10.0. The number of anilines is 1. The van der Waals surface area contributed by atoms with E-state index in [4.69, 9.17) is 39.5 Å². The van der Waals surface area contributed by atoms with Gasteiger partial charge in [-0.15, -0.1) is 0 Å². The third kappa shape index (κ3) is 4.44. The second kappa shape index (κ2) is 9.28. The Morgan fingerprint density at radius 2 is 1.81 bits per heavy atom. The number of ether oxygens (including phenoxy) is 1. The highest BCUT2D eigenvalue weighted by Crippen LogP contribution is 2.42. The van der Waals surface area contributed by atoms with Crippen molar-refractivity contribution in [2.24, 2.45) is 0 Å². The zero-order chi connectivity index (χ0) is 25.8. The second-order valence-corrected chi connectivity index (χ2v) is 9.82. The molecule has 1 fully saturated rings. The third-order valence-electron chi connectivity index (χ3n) is 6.25. The van der Waals surface area contributed by atoms with Crippen molar-refractivity contribution >= 4 is 51.5 Å². The average Bonchev–Trinajstić information content (AvgIpc) is 3.20. The van der Waals surface area contributed by atoms with Gasteiger partial charge in [-0.25, -0.2) is 4.98 Å². The highest BCUT2D eigenvalue weighted by atomic mass is 35.5. The number of fused-ring (bicyclic) bond motifs is 1. The molecule has 3 aromatic heterocycles. The molecule has 188 valence electrons. The Hall–Kier alpha value is -2.75. The molecule has 12 heteroatoms. The van der Waals surface area contributed by atoms with E-state index in [1.54, 1.807) is 24.0 Å². The molecule has 1 N–H and O–H groups in total. The molecule has 5 rings (SSSR count). The molecule has 4 aromatic rings. The lowest BCUT2D eigenvalue weighted by Crippen LogP contribution is -2.47. The van der Waals surface area contributed by atoms with Gasteiger partial charge in [0.05, 0.1) is 26.1 Å². The Kier molecular flexibility index (Phi) is 6.43. The minimum atomic E-state index is -4.57. The van der Waals surface area contributed by atoms with Gasteiger partial charge in [-0.2, -0.15) is 18.3 Å². The largest absolute Gasteiger partial charge is 0.484 e. The monoisotopic (exact) mass is 555 g/mol. The standard InChI is InChI=1S/C24H19Cl3F3N5O/c1-11-3-4-35(11)23-15(24(28,29)30)5-13(8-32-23)22-14-6-20(16(25)7-19(14)33-34-22)36-12(2)21-17(26)9-31-10-18(21)27/h5-12H,3-4H2,1-2H3,(H,33,34)/t11?,12-/m1/s1. The molecule has 1 aromatic carbocycles. The molecule has 6 nitrogen and oxygen atoms in total. The number of hydrogen-bond acceptors (Lipinski definition) is 5. The van der Waals surface area contributed by atoms with Crippen LogP contribution < -0.4 is 9.64 Å². The number of aromatic nitrogens is 4. The number of pyridine rings is 2. The van der Waals surface area contributed by atoms with Gasteiger partial charge in [0.25, 0.3) is 0 Å². The summed E-state index contributed by atoms with van der Waals surface area (Å²) in [5.74, 6) is 0.218. The van der Waals surface area contributed by atoms with Crippen LogP contribution in [-0.2, 0) is 6.18 Å². The molecular formula is C24H19Cl3F3N5O. The molecule has 0 amide bonds. The fraction of sp³-hybridized carbons (Fsp3) is 0.292. The predicted octanol–water partition coefficient (Wildman–Crippen LogP) is 7.74. The Morgan fingerprint density at radius 3 is 2.42 bits per heavy atom. The van der Waals surface area contributed by atoms with Crippen LogP contribution in [0.5, 0.6) is 5.75 Å². The summed E-state index contributed by atoms with van der Waals surface area (Å²) in [6.45, 7) is 4.16. The Bertz CT molecular complexity index is 1440. The Balaban J connectivity index is 1.55. The van der Waals surface area contributed by atoms with E-state index in [1.807, 2.05) is 6.92 Å². The minimum Gasteiger partial charge on any atom is -0.484 e. The smallest absolute Gasteiger partial charge is 0.419 e. The van der Waals surface area contributed by atoms with Crippen LogP contribution in [0.2, 0.25) is 15.1 Å².